The largest absolute Gasteiger partial charge is 0.496 e. The van der Waals surface area contributed by atoms with Crippen LogP contribution in [0.15, 0.2) is 36.4 Å². The number of carbonyl (C=O) groups excluding carboxylic acids is 2. The Morgan fingerprint density at radius 1 is 1.03 bits per heavy atom. The molecule has 2 aromatic rings. The lowest BCUT2D eigenvalue weighted by Gasteiger charge is -2.28. The van der Waals surface area contributed by atoms with Crippen molar-refractivity contribution in [3.63, 3.8) is 0 Å². The Kier molecular flexibility index (Phi) is 7.55. The van der Waals surface area contributed by atoms with Gasteiger partial charge in [-0.1, -0.05) is 29.8 Å². The molecule has 6 nitrogen and oxygen atoms in total. The molecule has 0 aromatic heterocycles. The molecule has 31 heavy (non-hydrogen) atoms. The van der Waals surface area contributed by atoms with E-state index in [2.05, 4.69) is 25.1 Å². The van der Waals surface area contributed by atoms with Crippen LogP contribution < -0.4 is 4.74 Å². The zero-order chi connectivity index (χ0) is 22.4. The van der Waals surface area contributed by atoms with Crippen LogP contribution in [-0.4, -0.2) is 55.7 Å². The van der Waals surface area contributed by atoms with Crippen molar-refractivity contribution in [2.45, 2.75) is 39.7 Å². The number of benzene rings is 2. The number of hydrogen-bond donors (Lipinski definition) is 0. The summed E-state index contributed by atoms with van der Waals surface area (Å²) in [6.45, 7) is 6.89. The summed E-state index contributed by atoms with van der Waals surface area (Å²) in [6.07, 6.45) is 2.34. The molecule has 1 heterocycles. The molecule has 0 unspecified atom stereocenters. The van der Waals surface area contributed by atoms with Crippen LogP contribution >= 0.6 is 0 Å². The number of rotatable bonds is 7. The molecule has 0 atom stereocenters. The minimum Gasteiger partial charge on any atom is -0.496 e. The summed E-state index contributed by atoms with van der Waals surface area (Å²) in [6, 6.07) is 12.1. The SMILES string of the molecule is CCN(Cc1cc(C)ccc1-c1cc(CC(=O)OC)ccc1OC)C(=O)N1CCCC1. The number of nitrogens with zero attached hydrogens (tertiary/aromatic N) is 2. The highest BCUT2D eigenvalue weighted by atomic mass is 16.5. The Bertz CT molecular complexity index is 935. The third-order valence-corrected chi connectivity index (χ3v) is 5.78. The maximum atomic E-state index is 13.0. The van der Waals surface area contributed by atoms with Gasteiger partial charge in [0.2, 0.25) is 0 Å². The van der Waals surface area contributed by atoms with E-state index in [1.807, 2.05) is 34.9 Å². The first-order valence-corrected chi connectivity index (χ1v) is 10.8. The van der Waals surface area contributed by atoms with Crippen LogP contribution in [0.3, 0.4) is 0 Å². The number of urea groups is 1. The number of carbonyl (C=O) groups is 2. The molecule has 1 fully saturated rings. The van der Waals surface area contributed by atoms with Crippen molar-refractivity contribution in [2.24, 2.45) is 0 Å². The maximum Gasteiger partial charge on any atom is 0.320 e. The molecule has 3 rings (SSSR count). The van der Waals surface area contributed by atoms with Crippen molar-refractivity contribution in [2.75, 3.05) is 33.9 Å². The highest BCUT2D eigenvalue weighted by Crippen LogP contribution is 2.35. The van der Waals surface area contributed by atoms with E-state index in [0.29, 0.717) is 13.1 Å². The van der Waals surface area contributed by atoms with Crippen LogP contribution in [0.25, 0.3) is 11.1 Å². The van der Waals surface area contributed by atoms with Crippen molar-refractivity contribution >= 4 is 12.0 Å². The average molecular weight is 425 g/mol. The van der Waals surface area contributed by atoms with Gasteiger partial charge in [0.05, 0.1) is 20.6 Å². The van der Waals surface area contributed by atoms with Gasteiger partial charge >= 0.3 is 12.0 Å². The minimum absolute atomic E-state index is 0.0962. The molecule has 0 saturated carbocycles. The Balaban J connectivity index is 1.98. The zero-order valence-electron chi connectivity index (χ0n) is 18.9. The third kappa shape index (κ3) is 5.37. The predicted octanol–water partition coefficient (Wildman–Crippen LogP) is 4.42. The van der Waals surface area contributed by atoms with Crippen molar-refractivity contribution in [1.82, 2.24) is 9.80 Å². The lowest BCUT2D eigenvalue weighted by molar-refractivity contribution is -0.139. The normalized spacial score (nSPS) is 13.2. The number of ether oxygens (including phenoxy) is 2. The molecular formula is C25H32N2O4. The van der Waals surface area contributed by atoms with Crippen molar-refractivity contribution in [3.8, 4) is 16.9 Å². The lowest BCUT2D eigenvalue weighted by Crippen LogP contribution is -2.41. The highest BCUT2D eigenvalue weighted by molar-refractivity contribution is 5.79. The van der Waals surface area contributed by atoms with Crippen LogP contribution in [0, 0.1) is 6.92 Å². The summed E-state index contributed by atoms with van der Waals surface area (Å²) >= 11 is 0. The van der Waals surface area contributed by atoms with Gasteiger partial charge in [-0.25, -0.2) is 4.79 Å². The van der Waals surface area contributed by atoms with Crippen LogP contribution in [0.5, 0.6) is 5.75 Å². The van der Waals surface area contributed by atoms with Crippen molar-refractivity contribution < 1.29 is 19.1 Å². The Labute approximate surface area is 184 Å². The van der Waals surface area contributed by atoms with Gasteiger partial charge in [0, 0.05) is 31.7 Å². The number of esters is 1. The fraction of sp³-hybridized carbons (Fsp3) is 0.440. The van der Waals surface area contributed by atoms with E-state index in [-0.39, 0.29) is 18.4 Å². The van der Waals surface area contributed by atoms with Gasteiger partial charge in [0.1, 0.15) is 5.75 Å². The first-order chi connectivity index (χ1) is 15.0. The summed E-state index contributed by atoms with van der Waals surface area (Å²) in [7, 11) is 3.03. The van der Waals surface area contributed by atoms with Gasteiger partial charge < -0.3 is 19.3 Å². The predicted molar refractivity (Wildman–Crippen MR) is 121 cm³/mol. The fourth-order valence-electron chi connectivity index (χ4n) is 4.06. The van der Waals surface area contributed by atoms with E-state index in [0.717, 1.165) is 59.5 Å². The minimum atomic E-state index is -0.284. The smallest absolute Gasteiger partial charge is 0.320 e. The van der Waals surface area contributed by atoms with Crippen LogP contribution in [-0.2, 0) is 22.5 Å². The first-order valence-electron chi connectivity index (χ1n) is 10.8. The van der Waals surface area contributed by atoms with Crippen molar-refractivity contribution in [1.29, 1.82) is 0 Å². The summed E-state index contributed by atoms with van der Waals surface area (Å²) in [5, 5.41) is 0. The average Bonchev–Trinajstić information content (AvgIpc) is 3.32. The first kappa shape index (κ1) is 22.7. The molecule has 2 aromatic carbocycles. The van der Waals surface area contributed by atoms with Gasteiger partial charge in [-0.2, -0.15) is 0 Å². The lowest BCUT2D eigenvalue weighted by atomic mass is 9.94. The monoisotopic (exact) mass is 424 g/mol. The molecule has 1 saturated heterocycles. The second kappa shape index (κ2) is 10.3. The number of hydrogen-bond acceptors (Lipinski definition) is 4. The molecule has 1 aliphatic rings. The van der Waals surface area contributed by atoms with Crippen LogP contribution in [0.1, 0.15) is 36.5 Å². The van der Waals surface area contributed by atoms with E-state index in [1.165, 1.54) is 7.11 Å². The standard InChI is InChI=1S/C25H32N2O4/c1-5-26(25(29)27-12-6-7-13-27)17-20-14-18(2)8-10-21(20)22-15-19(16-24(28)31-4)9-11-23(22)30-3/h8-11,14-15H,5-7,12-13,16-17H2,1-4H3. The topological polar surface area (TPSA) is 59.1 Å². The Hall–Kier alpha value is -3.02. The number of amides is 2. The third-order valence-electron chi connectivity index (χ3n) is 5.78. The van der Waals surface area contributed by atoms with Crippen molar-refractivity contribution in [3.05, 3.63) is 53.1 Å². The molecule has 0 radical (unpaired) electrons. The quantitative estimate of drug-likeness (QED) is 0.617. The maximum absolute atomic E-state index is 13.0. The van der Waals surface area contributed by atoms with E-state index in [1.54, 1.807) is 7.11 Å². The number of likely N-dealkylation sites (tertiary alicyclic amines) is 1. The molecular weight excluding hydrogens is 392 g/mol. The number of methoxy groups -OCH3 is 2. The van der Waals surface area contributed by atoms with E-state index in [4.69, 9.17) is 9.47 Å². The van der Waals surface area contributed by atoms with Gasteiger partial charge in [-0.15, -0.1) is 0 Å². The molecule has 0 spiro atoms. The fourth-order valence-corrected chi connectivity index (χ4v) is 4.06. The highest BCUT2D eigenvalue weighted by Gasteiger charge is 2.24. The summed E-state index contributed by atoms with van der Waals surface area (Å²) in [5.41, 5.74) is 4.95. The molecule has 0 N–H and O–H groups in total. The molecule has 1 aliphatic heterocycles. The Morgan fingerprint density at radius 3 is 2.42 bits per heavy atom. The Morgan fingerprint density at radius 2 is 1.77 bits per heavy atom. The summed E-state index contributed by atoms with van der Waals surface area (Å²) in [5.74, 6) is 0.446. The van der Waals surface area contributed by atoms with Crippen LogP contribution in [0.4, 0.5) is 4.79 Å². The summed E-state index contributed by atoms with van der Waals surface area (Å²) < 4.78 is 10.4. The molecule has 2 amide bonds. The van der Waals surface area contributed by atoms with E-state index < -0.39 is 0 Å². The van der Waals surface area contributed by atoms with Gasteiger partial charge in [-0.05, 0) is 55.5 Å². The molecule has 0 bridgehead atoms. The molecule has 6 heteroatoms. The van der Waals surface area contributed by atoms with Gasteiger partial charge in [0.25, 0.3) is 0 Å². The zero-order valence-corrected chi connectivity index (χ0v) is 18.9. The van der Waals surface area contributed by atoms with E-state index in [9.17, 15) is 9.59 Å². The summed E-state index contributed by atoms with van der Waals surface area (Å²) in [4.78, 5) is 28.6. The van der Waals surface area contributed by atoms with E-state index >= 15 is 0 Å². The van der Waals surface area contributed by atoms with Crippen LogP contribution in [0.2, 0.25) is 0 Å². The van der Waals surface area contributed by atoms with Gasteiger partial charge in [-0.3, -0.25) is 4.79 Å². The second-order valence-electron chi connectivity index (χ2n) is 7.94. The second-order valence-corrected chi connectivity index (χ2v) is 7.94. The molecule has 166 valence electrons. The van der Waals surface area contributed by atoms with Gasteiger partial charge in [0.15, 0.2) is 0 Å². The molecule has 0 aliphatic carbocycles. The number of aryl methyl sites for hydroxylation is 1.